The van der Waals surface area contributed by atoms with Crippen molar-refractivity contribution in [2.75, 3.05) is 39.6 Å². The SMILES string of the molecule is Cc1ccc(OCCOCCOCCO)c(C(C)(C)C)c1. The molecule has 4 nitrogen and oxygen atoms in total. The minimum absolute atomic E-state index is 0.0477. The second kappa shape index (κ2) is 9.03. The Balaban J connectivity index is 2.35. The normalized spacial score (nSPS) is 11.7. The van der Waals surface area contributed by atoms with E-state index in [2.05, 4.69) is 39.8 Å². The van der Waals surface area contributed by atoms with Crippen LogP contribution in [0.25, 0.3) is 0 Å². The highest BCUT2D eigenvalue weighted by atomic mass is 16.5. The number of benzene rings is 1. The van der Waals surface area contributed by atoms with E-state index in [0.717, 1.165) is 5.75 Å². The molecule has 4 heteroatoms. The summed E-state index contributed by atoms with van der Waals surface area (Å²) in [6, 6.07) is 6.27. The Labute approximate surface area is 128 Å². The fourth-order valence-electron chi connectivity index (χ4n) is 1.95. The predicted molar refractivity (Wildman–Crippen MR) is 84.1 cm³/mol. The Bertz CT molecular complexity index is 410. The van der Waals surface area contributed by atoms with Gasteiger partial charge in [-0.15, -0.1) is 0 Å². The van der Waals surface area contributed by atoms with E-state index in [0.29, 0.717) is 33.0 Å². The van der Waals surface area contributed by atoms with Crippen molar-refractivity contribution >= 4 is 0 Å². The lowest BCUT2D eigenvalue weighted by molar-refractivity contribution is 0.0246. The zero-order valence-corrected chi connectivity index (χ0v) is 13.6. The number of hydrogen-bond donors (Lipinski definition) is 1. The van der Waals surface area contributed by atoms with Gasteiger partial charge in [-0.3, -0.25) is 0 Å². The van der Waals surface area contributed by atoms with Gasteiger partial charge in [-0.2, -0.15) is 0 Å². The average Bonchev–Trinajstić information content (AvgIpc) is 2.42. The first-order chi connectivity index (χ1) is 9.95. The van der Waals surface area contributed by atoms with Gasteiger partial charge in [0.05, 0.1) is 33.0 Å². The minimum Gasteiger partial charge on any atom is -0.491 e. The molecule has 0 spiro atoms. The highest BCUT2D eigenvalue weighted by molar-refractivity contribution is 5.41. The van der Waals surface area contributed by atoms with Crippen LogP contribution in [0.5, 0.6) is 5.75 Å². The van der Waals surface area contributed by atoms with Crippen LogP contribution >= 0.6 is 0 Å². The molecule has 21 heavy (non-hydrogen) atoms. The maximum atomic E-state index is 8.56. The predicted octanol–water partition coefficient (Wildman–Crippen LogP) is 2.70. The van der Waals surface area contributed by atoms with E-state index in [1.54, 1.807) is 0 Å². The van der Waals surface area contributed by atoms with Gasteiger partial charge in [0.2, 0.25) is 0 Å². The number of hydrogen-bond acceptors (Lipinski definition) is 4. The van der Waals surface area contributed by atoms with Crippen molar-refractivity contribution in [2.45, 2.75) is 33.1 Å². The third-order valence-corrected chi connectivity index (χ3v) is 3.04. The van der Waals surface area contributed by atoms with Crippen LogP contribution in [0.2, 0.25) is 0 Å². The first-order valence-corrected chi connectivity index (χ1v) is 7.45. The summed E-state index contributed by atoms with van der Waals surface area (Å²) in [5.41, 5.74) is 2.51. The highest BCUT2D eigenvalue weighted by Gasteiger charge is 2.19. The Kier molecular flexibility index (Phi) is 7.72. The number of aliphatic hydroxyl groups is 1. The molecule has 0 aromatic heterocycles. The molecule has 0 atom stereocenters. The zero-order chi connectivity index (χ0) is 15.7. The summed E-state index contributed by atoms with van der Waals surface area (Å²) in [6.07, 6.45) is 0. The van der Waals surface area contributed by atoms with Crippen LogP contribution < -0.4 is 4.74 Å². The second-order valence-electron chi connectivity index (χ2n) is 6.05. The van der Waals surface area contributed by atoms with Gasteiger partial charge in [0.1, 0.15) is 12.4 Å². The molecule has 1 aromatic carbocycles. The van der Waals surface area contributed by atoms with Crippen molar-refractivity contribution in [3.05, 3.63) is 29.3 Å². The number of aryl methyl sites for hydroxylation is 1. The highest BCUT2D eigenvalue weighted by Crippen LogP contribution is 2.32. The fraction of sp³-hybridized carbons (Fsp3) is 0.647. The van der Waals surface area contributed by atoms with Gasteiger partial charge in [-0.05, 0) is 24.0 Å². The summed E-state index contributed by atoms with van der Waals surface area (Å²) < 4.78 is 16.4. The van der Waals surface area contributed by atoms with E-state index in [9.17, 15) is 0 Å². The van der Waals surface area contributed by atoms with E-state index >= 15 is 0 Å². The maximum absolute atomic E-state index is 8.56. The molecular weight excluding hydrogens is 268 g/mol. The summed E-state index contributed by atoms with van der Waals surface area (Å²) in [6.45, 7) is 11.1. The summed E-state index contributed by atoms with van der Waals surface area (Å²) in [7, 11) is 0. The van der Waals surface area contributed by atoms with Crippen LogP contribution in [0.15, 0.2) is 18.2 Å². The third-order valence-electron chi connectivity index (χ3n) is 3.04. The molecule has 0 saturated heterocycles. The molecule has 0 amide bonds. The summed E-state index contributed by atoms with van der Waals surface area (Å²) in [4.78, 5) is 0. The van der Waals surface area contributed by atoms with E-state index in [-0.39, 0.29) is 12.0 Å². The Hall–Kier alpha value is -1.10. The van der Waals surface area contributed by atoms with Gasteiger partial charge in [0.25, 0.3) is 0 Å². The molecule has 0 saturated carbocycles. The quantitative estimate of drug-likeness (QED) is 0.712. The topological polar surface area (TPSA) is 47.9 Å². The standard InChI is InChI=1S/C17H28O4/c1-14-5-6-16(15(13-14)17(2,3)4)21-12-11-20-10-9-19-8-7-18/h5-6,13,18H,7-12H2,1-4H3. The molecule has 1 rings (SSSR count). The van der Waals surface area contributed by atoms with Gasteiger partial charge in [0.15, 0.2) is 0 Å². The Morgan fingerprint density at radius 3 is 2.19 bits per heavy atom. The maximum Gasteiger partial charge on any atom is 0.123 e. The van der Waals surface area contributed by atoms with Crippen LogP contribution in [0, 0.1) is 6.92 Å². The Morgan fingerprint density at radius 2 is 1.57 bits per heavy atom. The van der Waals surface area contributed by atoms with Crippen LogP contribution in [0.4, 0.5) is 0 Å². The van der Waals surface area contributed by atoms with Gasteiger partial charge in [-0.1, -0.05) is 38.5 Å². The number of ether oxygens (including phenoxy) is 3. The Morgan fingerprint density at radius 1 is 0.952 bits per heavy atom. The van der Waals surface area contributed by atoms with Gasteiger partial charge in [-0.25, -0.2) is 0 Å². The summed E-state index contributed by atoms with van der Waals surface area (Å²) in [5.74, 6) is 0.924. The molecule has 1 aromatic rings. The fourth-order valence-corrected chi connectivity index (χ4v) is 1.95. The largest absolute Gasteiger partial charge is 0.491 e. The third kappa shape index (κ3) is 6.93. The molecule has 0 unspecified atom stereocenters. The number of rotatable bonds is 9. The van der Waals surface area contributed by atoms with Crippen LogP contribution in [0.3, 0.4) is 0 Å². The van der Waals surface area contributed by atoms with Crippen molar-refractivity contribution in [1.82, 2.24) is 0 Å². The lowest BCUT2D eigenvalue weighted by Gasteiger charge is -2.23. The lowest BCUT2D eigenvalue weighted by atomic mass is 9.85. The van der Waals surface area contributed by atoms with E-state index in [1.807, 2.05) is 6.07 Å². The van der Waals surface area contributed by atoms with Crippen LogP contribution in [0.1, 0.15) is 31.9 Å². The molecule has 0 bridgehead atoms. The molecule has 0 aliphatic carbocycles. The molecule has 0 fully saturated rings. The zero-order valence-electron chi connectivity index (χ0n) is 13.6. The van der Waals surface area contributed by atoms with Crippen molar-refractivity contribution in [1.29, 1.82) is 0 Å². The molecule has 0 heterocycles. The summed E-state index contributed by atoms with van der Waals surface area (Å²) >= 11 is 0. The average molecular weight is 296 g/mol. The number of aliphatic hydroxyl groups excluding tert-OH is 1. The summed E-state index contributed by atoms with van der Waals surface area (Å²) in [5, 5.41) is 8.56. The first-order valence-electron chi connectivity index (χ1n) is 7.45. The molecule has 0 aliphatic heterocycles. The molecule has 0 aliphatic rings. The molecule has 120 valence electrons. The minimum atomic E-state index is 0.0477. The first kappa shape index (κ1) is 18.0. The van der Waals surface area contributed by atoms with E-state index in [1.165, 1.54) is 11.1 Å². The van der Waals surface area contributed by atoms with E-state index in [4.69, 9.17) is 19.3 Å². The van der Waals surface area contributed by atoms with Crippen molar-refractivity contribution in [3.63, 3.8) is 0 Å². The van der Waals surface area contributed by atoms with Gasteiger partial charge < -0.3 is 19.3 Å². The molecule has 1 N–H and O–H groups in total. The van der Waals surface area contributed by atoms with Crippen LogP contribution in [-0.4, -0.2) is 44.7 Å². The van der Waals surface area contributed by atoms with Gasteiger partial charge >= 0.3 is 0 Å². The smallest absolute Gasteiger partial charge is 0.123 e. The van der Waals surface area contributed by atoms with Crippen LogP contribution in [-0.2, 0) is 14.9 Å². The van der Waals surface area contributed by atoms with Gasteiger partial charge in [0, 0.05) is 0 Å². The van der Waals surface area contributed by atoms with Crippen molar-refractivity contribution < 1.29 is 19.3 Å². The van der Waals surface area contributed by atoms with Crippen molar-refractivity contribution in [2.24, 2.45) is 0 Å². The monoisotopic (exact) mass is 296 g/mol. The molecular formula is C17H28O4. The van der Waals surface area contributed by atoms with Crippen molar-refractivity contribution in [3.8, 4) is 5.75 Å². The molecule has 0 radical (unpaired) electrons. The lowest BCUT2D eigenvalue weighted by Crippen LogP contribution is -2.16. The van der Waals surface area contributed by atoms with E-state index < -0.39 is 0 Å². The second-order valence-corrected chi connectivity index (χ2v) is 6.05.